The summed E-state index contributed by atoms with van der Waals surface area (Å²) in [4.78, 5) is 17.4. The molecule has 0 spiro atoms. The molecule has 2 aromatic rings. The van der Waals surface area contributed by atoms with Gasteiger partial charge in [-0.3, -0.25) is 9.97 Å². The van der Waals surface area contributed by atoms with Crippen LogP contribution in [0.5, 0.6) is 0 Å². The predicted molar refractivity (Wildman–Crippen MR) is 73.7 cm³/mol. The van der Waals surface area contributed by atoms with E-state index in [0.29, 0.717) is 18.4 Å². The van der Waals surface area contributed by atoms with Gasteiger partial charge in [0.2, 0.25) is 5.95 Å². The Morgan fingerprint density at radius 2 is 2.16 bits per heavy atom. The van der Waals surface area contributed by atoms with Crippen molar-refractivity contribution in [3.8, 4) is 11.3 Å². The Morgan fingerprint density at radius 1 is 1.26 bits per heavy atom. The molecule has 5 nitrogen and oxygen atoms in total. The van der Waals surface area contributed by atoms with Crippen LogP contribution in [0.25, 0.3) is 11.3 Å². The minimum Gasteiger partial charge on any atom is -0.351 e. The number of rotatable bonds is 5. The Balaban J connectivity index is 1.97. The van der Waals surface area contributed by atoms with Gasteiger partial charge in [-0.1, -0.05) is 6.08 Å². The third-order valence-electron chi connectivity index (χ3n) is 3.03. The molecule has 1 N–H and O–H groups in total. The van der Waals surface area contributed by atoms with E-state index in [1.165, 1.54) is 12.8 Å². The van der Waals surface area contributed by atoms with Gasteiger partial charge < -0.3 is 5.32 Å². The van der Waals surface area contributed by atoms with Gasteiger partial charge in [0.05, 0.1) is 17.6 Å². The fraction of sp³-hybridized carbons (Fsp3) is 0.286. The van der Waals surface area contributed by atoms with Crippen molar-refractivity contribution in [1.82, 2.24) is 19.9 Å². The van der Waals surface area contributed by atoms with Gasteiger partial charge in [-0.25, -0.2) is 9.97 Å². The van der Waals surface area contributed by atoms with Crippen molar-refractivity contribution in [2.24, 2.45) is 0 Å². The molecule has 3 rings (SSSR count). The summed E-state index contributed by atoms with van der Waals surface area (Å²) < 4.78 is 0. The zero-order valence-corrected chi connectivity index (χ0v) is 10.6. The summed E-state index contributed by atoms with van der Waals surface area (Å²) in [5.41, 5.74) is 2.89. The summed E-state index contributed by atoms with van der Waals surface area (Å²) in [7, 11) is 0. The van der Waals surface area contributed by atoms with Crippen LogP contribution in [-0.4, -0.2) is 26.5 Å². The van der Waals surface area contributed by atoms with Crippen LogP contribution >= 0.6 is 0 Å². The quantitative estimate of drug-likeness (QED) is 0.829. The average molecular weight is 253 g/mol. The SMILES string of the molecule is C=CCNc1ncc(-c2cnccn2)c(C2CC2)n1. The first kappa shape index (κ1) is 11.8. The molecule has 1 aliphatic rings. The van der Waals surface area contributed by atoms with Crippen LogP contribution in [-0.2, 0) is 0 Å². The minimum atomic E-state index is 0.532. The molecule has 1 fully saturated rings. The maximum absolute atomic E-state index is 4.61. The number of hydrogen-bond acceptors (Lipinski definition) is 5. The van der Waals surface area contributed by atoms with Crippen LogP contribution in [0.15, 0.2) is 37.4 Å². The molecule has 0 aliphatic heterocycles. The summed E-state index contributed by atoms with van der Waals surface area (Å²) in [5.74, 6) is 1.18. The summed E-state index contributed by atoms with van der Waals surface area (Å²) in [5, 5.41) is 3.12. The maximum atomic E-state index is 4.61. The molecule has 19 heavy (non-hydrogen) atoms. The van der Waals surface area contributed by atoms with Crippen molar-refractivity contribution in [3.63, 3.8) is 0 Å². The highest BCUT2D eigenvalue weighted by molar-refractivity contribution is 5.62. The molecular weight excluding hydrogens is 238 g/mol. The van der Waals surface area contributed by atoms with Gasteiger partial charge in [0.25, 0.3) is 0 Å². The van der Waals surface area contributed by atoms with Gasteiger partial charge in [0.15, 0.2) is 0 Å². The highest BCUT2D eigenvalue weighted by atomic mass is 15.1. The number of hydrogen-bond donors (Lipinski definition) is 1. The van der Waals surface area contributed by atoms with E-state index in [9.17, 15) is 0 Å². The van der Waals surface area contributed by atoms with Crippen LogP contribution in [0, 0.1) is 0 Å². The van der Waals surface area contributed by atoms with E-state index < -0.39 is 0 Å². The van der Waals surface area contributed by atoms with E-state index in [4.69, 9.17) is 0 Å². The molecule has 0 saturated heterocycles. The van der Waals surface area contributed by atoms with Gasteiger partial charge in [-0.2, -0.15) is 0 Å². The van der Waals surface area contributed by atoms with Gasteiger partial charge in [-0.05, 0) is 12.8 Å². The maximum Gasteiger partial charge on any atom is 0.223 e. The van der Waals surface area contributed by atoms with E-state index in [0.717, 1.165) is 17.0 Å². The molecule has 0 amide bonds. The first-order valence-electron chi connectivity index (χ1n) is 6.36. The lowest BCUT2D eigenvalue weighted by atomic mass is 10.1. The molecule has 0 atom stereocenters. The van der Waals surface area contributed by atoms with Crippen LogP contribution < -0.4 is 5.32 Å². The van der Waals surface area contributed by atoms with Crippen LogP contribution in [0.1, 0.15) is 24.5 Å². The number of anilines is 1. The molecule has 1 saturated carbocycles. The Kier molecular flexibility index (Phi) is 3.18. The van der Waals surface area contributed by atoms with E-state index in [-0.39, 0.29) is 0 Å². The topological polar surface area (TPSA) is 63.6 Å². The fourth-order valence-electron chi connectivity index (χ4n) is 1.95. The highest BCUT2D eigenvalue weighted by Gasteiger charge is 2.29. The summed E-state index contributed by atoms with van der Waals surface area (Å²) in [6, 6.07) is 0. The normalized spacial score (nSPS) is 14.1. The molecular formula is C14H15N5. The molecule has 96 valence electrons. The summed E-state index contributed by atoms with van der Waals surface area (Å²) in [6.45, 7) is 4.34. The van der Waals surface area contributed by atoms with E-state index >= 15 is 0 Å². The third kappa shape index (κ3) is 2.59. The molecule has 2 heterocycles. The lowest BCUT2D eigenvalue weighted by molar-refractivity contribution is 0.981. The van der Waals surface area contributed by atoms with Crippen molar-refractivity contribution in [1.29, 1.82) is 0 Å². The second-order valence-corrected chi connectivity index (χ2v) is 4.53. The predicted octanol–water partition coefficient (Wildman–Crippen LogP) is 2.41. The Bertz CT molecular complexity index is 578. The number of aromatic nitrogens is 4. The fourth-order valence-corrected chi connectivity index (χ4v) is 1.95. The van der Waals surface area contributed by atoms with Crippen molar-refractivity contribution in [2.45, 2.75) is 18.8 Å². The zero-order chi connectivity index (χ0) is 13.1. The van der Waals surface area contributed by atoms with Crippen molar-refractivity contribution in [2.75, 3.05) is 11.9 Å². The largest absolute Gasteiger partial charge is 0.351 e. The van der Waals surface area contributed by atoms with Crippen LogP contribution in [0.3, 0.4) is 0 Å². The van der Waals surface area contributed by atoms with Crippen molar-refractivity contribution < 1.29 is 0 Å². The molecule has 1 aliphatic carbocycles. The Hall–Kier alpha value is -2.30. The second kappa shape index (κ2) is 5.14. The number of nitrogens with zero attached hydrogens (tertiary/aromatic N) is 4. The smallest absolute Gasteiger partial charge is 0.223 e. The van der Waals surface area contributed by atoms with Gasteiger partial charge in [-0.15, -0.1) is 6.58 Å². The molecule has 5 heteroatoms. The second-order valence-electron chi connectivity index (χ2n) is 4.53. The minimum absolute atomic E-state index is 0.532. The molecule has 0 aromatic carbocycles. The monoisotopic (exact) mass is 253 g/mol. The zero-order valence-electron chi connectivity index (χ0n) is 10.6. The third-order valence-corrected chi connectivity index (χ3v) is 3.03. The lowest BCUT2D eigenvalue weighted by Gasteiger charge is -2.09. The van der Waals surface area contributed by atoms with Crippen molar-refractivity contribution >= 4 is 5.95 Å². The molecule has 2 aromatic heterocycles. The van der Waals surface area contributed by atoms with Crippen LogP contribution in [0.2, 0.25) is 0 Å². The Labute approximate surface area is 111 Å². The van der Waals surface area contributed by atoms with Gasteiger partial charge in [0.1, 0.15) is 0 Å². The summed E-state index contributed by atoms with van der Waals surface area (Å²) >= 11 is 0. The van der Waals surface area contributed by atoms with E-state index in [1.807, 2.05) is 6.20 Å². The first-order valence-corrected chi connectivity index (χ1v) is 6.36. The first-order chi connectivity index (χ1) is 9.38. The standard InChI is InChI=1S/C14H15N5/c1-2-5-17-14-18-8-11(12-9-15-6-7-16-12)13(19-14)10-3-4-10/h2,6-10H,1,3-5H2,(H,17,18,19). The van der Waals surface area contributed by atoms with Crippen molar-refractivity contribution in [3.05, 3.63) is 43.1 Å². The lowest BCUT2D eigenvalue weighted by Crippen LogP contribution is -2.06. The summed E-state index contributed by atoms with van der Waals surface area (Å²) in [6.07, 6.45) is 11.1. The molecule has 0 unspecified atom stereocenters. The molecule has 0 radical (unpaired) electrons. The molecule has 0 bridgehead atoms. The van der Waals surface area contributed by atoms with Gasteiger partial charge >= 0.3 is 0 Å². The van der Waals surface area contributed by atoms with E-state index in [1.54, 1.807) is 24.7 Å². The highest BCUT2D eigenvalue weighted by Crippen LogP contribution is 2.42. The Morgan fingerprint density at radius 3 is 2.84 bits per heavy atom. The van der Waals surface area contributed by atoms with Gasteiger partial charge in [0, 0.05) is 36.6 Å². The average Bonchev–Trinajstić information content (AvgIpc) is 3.30. The van der Waals surface area contributed by atoms with E-state index in [2.05, 4.69) is 31.8 Å². The number of nitrogens with one attached hydrogen (secondary N) is 1. The van der Waals surface area contributed by atoms with Crippen LogP contribution in [0.4, 0.5) is 5.95 Å².